The van der Waals surface area contributed by atoms with Gasteiger partial charge in [-0.05, 0) is 0 Å². The van der Waals surface area contributed by atoms with Crippen molar-refractivity contribution in [1.82, 2.24) is 4.90 Å². The smallest absolute Gasteiger partial charge is 0.360 e. The number of hydrogen-bond acceptors (Lipinski definition) is 3. The molecule has 1 N–H and O–H groups in total. The largest absolute Gasteiger partial charge is 0.478 e. The van der Waals surface area contributed by atoms with Crippen LogP contribution in [0.2, 0.25) is 0 Å². The van der Waals surface area contributed by atoms with Gasteiger partial charge in [0.2, 0.25) is 11.8 Å². The molecular weight excluding hydrogens is 181 g/mol. The average molecular weight is 189 g/mol. The van der Waals surface area contributed by atoms with E-state index in [2.05, 4.69) is 0 Å². The van der Waals surface area contributed by atoms with Gasteiger partial charge in [0.1, 0.15) is 0 Å². The quantitative estimate of drug-likeness (QED) is 0.480. The fourth-order valence-corrected chi connectivity index (χ4v) is 1.16. The van der Waals surface area contributed by atoms with Crippen molar-refractivity contribution in [3.63, 3.8) is 0 Å². The van der Waals surface area contributed by atoms with Crippen molar-refractivity contribution < 1.29 is 23.9 Å². The maximum absolute atomic E-state index is 12.8. The van der Waals surface area contributed by atoms with Crippen molar-refractivity contribution in [3.05, 3.63) is 0 Å². The monoisotopic (exact) mass is 189 g/mol. The molecular formula is C7H8FNO4. The molecule has 2 unspecified atom stereocenters. The van der Waals surface area contributed by atoms with E-state index in [0.717, 1.165) is 0 Å². The number of carbonyl (C=O) groups is 3. The van der Waals surface area contributed by atoms with Gasteiger partial charge in [-0.1, -0.05) is 6.92 Å². The summed E-state index contributed by atoms with van der Waals surface area (Å²) >= 11 is 0. The number of nitrogens with zero attached hydrogens (tertiary/aromatic N) is 1. The molecule has 0 bridgehead atoms. The predicted octanol–water partition coefficient (Wildman–Crippen LogP) is -0.238. The molecule has 72 valence electrons. The molecule has 1 fully saturated rings. The Morgan fingerprint density at radius 3 is 2.54 bits per heavy atom. The van der Waals surface area contributed by atoms with E-state index in [0.29, 0.717) is 0 Å². The first-order chi connectivity index (χ1) is 5.95. The summed E-state index contributed by atoms with van der Waals surface area (Å²) in [4.78, 5) is 32.3. The second kappa shape index (κ2) is 3.12. The SMILES string of the molecule is CC1CC(=O)N(C(F)C(=O)O)C1=O. The number of alkyl halides is 1. The molecule has 0 spiro atoms. The van der Waals surface area contributed by atoms with Gasteiger partial charge in [-0.2, -0.15) is 0 Å². The highest BCUT2D eigenvalue weighted by molar-refractivity contribution is 6.05. The van der Waals surface area contributed by atoms with Crippen molar-refractivity contribution in [1.29, 1.82) is 0 Å². The van der Waals surface area contributed by atoms with Crippen LogP contribution in [-0.4, -0.2) is 34.1 Å². The summed E-state index contributed by atoms with van der Waals surface area (Å²) in [6.07, 6.45) is -2.67. The van der Waals surface area contributed by atoms with E-state index in [1.807, 2.05) is 0 Å². The van der Waals surface area contributed by atoms with Gasteiger partial charge in [-0.3, -0.25) is 9.59 Å². The number of carbonyl (C=O) groups excluding carboxylic acids is 2. The summed E-state index contributed by atoms with van der Waals surface area (Å²) in [5.74, 6) is -3.98. The Morgan fingerprint density at radius 2 is 2.23 bits per heavy atom. The van der Waals surface area contributed by atoms with Crippen LogP contribution in [0.25, 0.3) is 0 Å². The number of likely N-dealkylation sites (tertiary alicyclic amines) is 1. The average Bonchev–Trinajstić information content (AvgIpc) is 2.26. The maximum atomic E-state index is 12.8. The number of amides is 2. The number of carboxylic acid groups (broad SMARTS) is 1. The zero-order chi connectivity index (χ0) is 10.2. The third kappa shape index (κ3) is 1.51. The van der Waals surface area contributed by atoms with Gasteiger partial charge < -0.3 is 5.11 Å². The first-order valence-corrected chi connectivity index (χ1v) is 3.68. The Kier molecular flexibility index (Phi) is 2.31. The van der Waals surface area contributed by atoms with Crippen molar-refractivity contribution in [2.75, 3.05) is 0 Å². The summed E-state index contributed by atoms with van der Waals surface area (Å²) in [5, 5.41) is 8.24. The topological polar surface area (TPSA) is 74.7 Å². The minimum Gasteiger partial charge on any atom is -0.478 e. The molecule has 0 aliphatic carbocycles. The normalized spacial score (nSPS) is 25.1. The number of rotatable bonds is 2. The van der Waals surface area contributed by atoms with E-state index < -0.39 is 30.0 Å². The summed E-state index contributed by atoms with van der Waals surface area (Å²) < 4.78 is 12.8. The minimum absolute atomic E-state index is 0.119. The van der Waals surface area contributed by atoms with Crippen LogP contribution in [-0.2, 0) is 14.4 Å². The fraction of sp³-hybridized carbons (Fsp3) is 0.571. The molecule has 1 saturated heterocycles. The van der Waals surface area contributed by atoms with Crippen LogP contribution in [0.4, 0.5) is 4.39 Å². The third-order valence-electron chi connectivity index (χ3n) is 1.84. The van der Waals surface area contributed by atoms with Crippen LogP contribution in [0.1, 0.15) is 13.3 Å². The Morgan fingerprint density at radius 1 is 1.69 bits per heavy atom. The molecule has 0 saturated carbocycles. The van der Waals surface area contributed by atoms with Gasteiger partial charge in [-0.25, -0.2) is 14.1 Å². The van der Waals surface area contributed by atoms with Crippen LogP contribution < -0.4 is 0 Å². The predicted molar refractivity (Wildman–Crippen MR) is 38.2 cm³/mol. The zero-order valence-electron chi connectivity index (χ0n) is 6.86. The van der Waals surface area contributed by atoms with E-state index in [1.165, 1.54) is 6.92 Å². The lowest BCUT2D eigenvalue weighted by Gasteiger charge is -2.15. The third-order valence-corrected chi connectivity index (χ3v) is 1.84. The number of halogens is 1. The van der Waals surface area contributed by atoms with E-state index in [4.69, 9.17) is 5.11 Å². The van der Waals surface area contributed by atoms with Gasteiger partial charge in [0.15, 0.2) is 0 Å². The molecule has 0 aromatic heterocycles. The molecule has 0 aromatic rings. The number of imide groups is 1. The second-order valence-corrected chi connectivity index (χ2v) is 2.88. The molecule has 13 heavy (non-hydrogen) atoms. The van der Waals surface area contributed by atoms with E-state index in [9.17, 15) is 18.8 Å². The van der Waals surface area contributed by atoms with Crippen molar-refractivity contribution in [3.8, 4) is 0 Å². The second-order valence-electron chi connectivity index (χ2n) is 2.88. The molecule has 1 rings (SSSR count). The minimum atomic E-state index is -2.55. The number of hydrogen-bond donors (Lipinski definition) is 1. The molecule has 0 radical (unpaired) electrons. The lowest BCUT2D eigenvalue weighted by Crippen LogP contribution is -2.42. The highest BCUT2D eigenvalue weighted by atomic mass is 19.1. The number of aliphatic carboxylic acids is 1. The van der Waals surface area contributed by atoms with Gasteiger partial charge in [-0.15, -0.1) is 0 Å². The highest BCUT2D eigenvalue weighted by Crippen LogP contribution is 2.21. The first-order valence-electron chi connectivity index (χ1n) is 3.68. The van der Waals surface area contributed by atoms with Crippen LogP contribution >= 0.6 is 0 Å². The Bertz CT molecular complexity index is 278. The van der Waals surface area contributed by atoms with E-state index in [-0.39, 0.29) is 11.3 Å². The van der Waals surface area contributed by atoms with Crippen molar-refractivity contribution >= 4 is 17.8 Å². The summed E-state index contributed by atoms with van der Waals surface area (Å²) in [5.41, 5.74) is 0. The van der Waals surface area contributed by atoms with Gasteiger partial charge in [0.25, 0.3) is 6.30 Å². The van der Waals surface area contributed by atoms with Crippen LogP contribution in [0.5, 0.6) is 0 Å². The molecule has 5 nitrogen and oxygen atoms in total. The van der Waals surface area contributed by atoms with Crippen molar-refractivity contribution in [2.45, 2.75) is 19.6 Å². The summed E-state index contributed by atoms with van der Waals surface area (Å²) in [6, 6.07) is 0. The molecule has 1 aliphatic heterocycles. The van der Waals surface area contributed by atoms with Gasteiger partial charge >= 0.3 is 5.97 Å². The Hall–Kier alpha value is -1.46. The van der Waals surface area contributed by atoms with Crippen molar-refractivity contribution in [2.24, 2.45) is 5.92 Å². The van der Waals surface area contributed by atoms with Crippen LogP contribution in [0.3, 0.4) is 0 Å². The first kappa shape index (κ1) is 9.63. The lowest BCUT2D eigenvalue weighted by molar-refractivity contribution is -0.161. The highest BCUT2D eigenvalue weighted by Gasteiger charge is 2.43. The molecule has 6 heteroatoms. The molecule has 2 atom stereocenters. The molecule has 2 amide bonds. The van der Waals surface area contributed by atoms with Crippen LogP contribution in [0.15, 0.2) is 0 Å². The summed E-state index contributed by atoms with van der Waals surface area (Å²) in [6.45, 7) is 1.45. The fourth-order valence-electron chi connectivity index (χ4n) is 1.16. The Labute approximate surface area is 73.1 Å². The molecule has 0 aromatic carbocycles. The van der Waals surface area contributed by atoms with Gasteiger partial charge in [0.05, 0.1) is 0 Å². The van der Waals surface area contributed by atoms with Gasteiger partial charge in [0, 0.05) is 12.3 Å². The Balaban J connectivity index is 2.86. The maximum Gasteiger partial charge on any atom is 0.360 e. The van der Waals surface area contributed by atoms with E-state index in [1.54, 1.807) is 0 Å². The molecule has 1 heterocycles. The van der Waals surface area contributed by atoms with Crippen LogP contribution in [0, 0.1) is 5.92 Å². The zero-order valence-corrected chi connectivity index (χ0v) is 6.86. The van der Waals surface area contributed by atoms with E-state index >= 15 is 0 Å². The summed E-state index contributed by atoms with van der Waals surface area (Å²) in [7, 11) is 0. The lowest BCUT2D eigenvalue weighted by atomic mass is 10.1. The standard InChI is InChI=1S/C7H8FNO4/c1-3-2-4(10)9(6(3)11)5(8)7(12)13/h3,5H,2H2,1H3,(H,12,13). The molecule has 1 aliphatic rings. The number of carboxylic acids is 1.